The van der Waals surface area contributed by atoms with Crippen LogP contribution in [-0.2, 0) is 29.8 Å². The molecule has 0 aliphatic rings. The maximum Gasteiger partial charge on any atom is 0.302 e. The minimum Gasteiger partial charge on any atom is -0.463 e. The highest BCUT2D eigenvalue weighted by atomic mass is 32.2. The Hall–Kier alpha value is -3.10. The highest BCUT2D eigenvalue weighted by Gasteiger charge is 2.49. The predicted octanol–water partition coefficient (Wildman–Crippen LogP) is 2.89. The lowest BCUT2D eigenvalue weighted by molar-refractivity contribution is -0.387. The standard InChI is InChI=1S/C19H18F4N2O7S/c1-12(26)32-10-9-31-11-19(18(22)23,13-5-4-6-14(20)17(13)21)24-33(29,30)16-8-3-2-7-15(16)25(27)28/h2-8,18,24H,9-11H2,1H3/t19-/m0/s1. The quantitative estimate of drug-likeness (QED) is 0.167. The fourth-order valence-electron chi connectivity index (χ4n) is 2.84. The third-order valence-electron chi connectivity index (χ3n) is 4.34. The van der Waals surface area contributed by atoms with Gasteiger partial charge in [-0.1, -0.05) is 24.3 Å². The second-order valence-electron chi connectivity index (χ2n) is 6.60. The van der Waals surface area contributed by atoms with Crippen LogP contribution in [0.25, 0.3) is 0 Å². The van der Waals surface area contributed by atoms with Crippen LogP contribution in [0.4, 0.5) is 23.2 Å². The van der Waals surface area contributed by atoms with E-state index in [1.807, 2.05) is 0 Å². The van der Waals surface area contributed by atoms with Crippen molar-refractivity contribution in [3.63, 3.8) is 0 Å². The molecule has 1 atom stereocenters. The first-order chi connectivity index (χ1) is 15.4. The molecule has 2 aromatic rings. The molecule has 0 radical (unpaired) electrons. The van der Waals surface area contributed by atoms with E-state index in [1.54, 1.807) is 4.72 Å². The van der Waals surface area contributed by atoms with Crippen molar-refractivity contribution in [3.05, 3.63) is 69.8 Å². The number of carbonyl (C=O) groups is 1. The van der Waals surface area contributed by atoms with Gasteiger partial charge in [0.1, 0.15) is 12.1 Å². The van der Waals surface area contributed by atoms with Gasteiger partial charge in [-0.25, -0.2) is 26.0 Å². The summed E-state index contributed by atoms with van der Waals surface area (Å²) in [5.74, 6) is -4.01. The van der Waals surface area contributed by atoms with Gasteiger partial charge in [-0.2, -0.15) is 4.72 Å². The third kappa shape index (κ3) is 6.03. The Bertz CT molecular complexity index is 1130. The van der Waals surface area contributed by atoms with Crippen molar-refractivity contribution in [1.29, 1.82) is 0 Å². The molecule has 0 saturated carbocycles. The van der Waals surface area contributed by atoms with Crippen LogP contribution in [0.1, 0.15) is 12.5 Å². The molecule has 33 heavy (non-hydrogen) atoms. The molecule has 0 bridgehead atoms. The van der Waals surface area contributed by atoms with E-state index in [0.29, 0.717) is 6.07 Å². The molecule has 0 amide bonds. The van der Waals surface area contributed by atoms with Gasteiger partial charge in [0.15, 0.2) is 16.5 Å². The Labute approximate surface area is 185 Å². The van der Waals surface area contributed by atoms with E-state index in [0.717, 1.165) is 43.3 Å². The SMILES string of the molecule is CC(=O)OCCOC[C@](NS(=O)(=O)c1ccccc1[N+](=O)[O-])(c1cccc(F)c1F)C(F)F. The smallest absolute Gasteiger partial charge is 0.302 e. The molecule has 14 heteroatoms. The van der Waals surface area contributed by atoms with E-state index in [-0.39, 0.29) is 0 Å². The Morgan fingerprint density at radius 1 is 1.15 bits per heavy atom. The molecular weight excluding hydrogens is 476 g/mol. The van der Waals surface area contributed by atoms with Crippen LogP contribution < -0.4 is 4.72 Å². The van der Waals surface area contributed by atoms with Gasteiger partial charge in [-0.15, -0.1) is 0 Å². The monoisotopic (exact) mass is 494 g/mol. The molecule has 0 aromatic heterocycles. The molecule has 2 aromatic carbocycles. The van der Waals surface area contributed by atoms with Gasteiger partial charge >= 0.3 is 5.97 Å². The number of alkyl halides is 2. The van der Waals surface area contributed by atoms with E-state index in [4.69, 9.17) is 4.74 Å². The summed E-state index contributed by atoms with van der Waals surface area (Å²) in [5, 5.41) is 11.2. The molecule has 0 fully saturated rings. The highest BCUT2D eigenvalue weighted by Crippen LogP contribution is 2.35. The number of nitro groups is 1. The molecule has 0 aliphatic carbocycles. The van der Waals surface area contributed by atoms with Crippen molar-refractivity contribution in [2.45, 2.75) is 23.8 Å². The van der Waals surface area contributed by atoms with Gasteiger partial charge in [0.25, 0.3) is 12.1 Å². The number of nitro benzene ring substituents is 1. The summed E-state index contributed by atoms with van der Waals surface area (Å²) in [6.45, 7) is -1.03. The number of hydrogen-bond donors (Lipinski definition) is 1. The first kappa shape index (κ1) is 26.2. The van der Waals surface area contributed by atoms with Crippen molar-refractivity contribution < 1.29 is 45.2 Å². The molecule has 0 aliphatic heterocycles. The number of nitrogens with zero attached hydrogens (tertiary/aromatic N) is 1. The van der Waals surface area contributed by atoms with Crippen LogP contribution in [0.15, 0.2) is 47.4 Å². The van der Waals surface area contributed by atoms with Crippen molar-refractivity contribution in [2.75, 3.05) is 19.8 Å². The molecule has 0 spiro atoms. The summed E-state index contributed by atoms with van der Waals surface area (Å²) in [6.07, 6.45) is -3.71. The molecule has 180 valence electrons. The highest BCUT2D eigenvalue weighted by molar-refractivity contribution is 7.89. The van der Waals surface area contributed by atoms with Gasteiger partial charge < -0.3 is 9.47 Å². The van der Waals surface area contributed by atoms with E-state index >= 15 is 0 Å². The fourth-order valence-corrected chi connectivity index (χ4v) is 4.37. The maximum atomic E-state index is 14.5. The van der Waals surface area contributed by atoms with Gasteiger partial charge in [0.2, 0.25) is 10.0 Å². The summed E-state index contributed by atoms with van der Waals surface area (Å²) in [6, 6.07) is 6.13. The minimum absolute atomic E-state index is 0.392. The van der Waals surface area contributed by atoms with E-state index < -0.39 is 80.5 Å². The van der Waals surface area contributed by atoms with Crippen LogP contribution in [0.2, 0.25) is 0 Å². The van der Waals surface area contributed by atoms with Gasteiger partial charge in [-0.3, -0.25) is 14.9 Å². The van der Waals surface area contributed by atoms with E-state index in [1.165, 1.54) is 0 Å². The number of ether oxygens (including phenoxy) is 2. The number of esters is 1. The van der Waals surface area contributed by atoms with Crippen LogP contribution in [-0.4, -0.2) is 45.6 Å². The Morgan fingerprint density at radius 3 is 2.42 bits per heavy atom. The number of benzene rings is 2. The zero-order valence-corrected chi connectivity index (χ0v) is 17.8. The molecule has 0 heterocycles. The summed E-state index contributed by atoms with van der Waals surface area (Å²) in [4.78, 5) is 20.0. The largest absolute Gasteiger partial charge is 0.463 e. The molecule has 0 saturated heterocycles. The average molecular weight is 494 g/mol. The van der Waals surface area contributed by atoms with E-state index in [9.17, 15) is 40.9 Å². The van der Waals surface area contributed by atoms with Crippen molar-refractivity contribution in [2.24, 2.45) is 0 Å². The van der Waals surface area contributed by atoms with Crippen LogP contribution in [0.5, 0.6) is 0 Å². The second kappa shape index (κ2) is 10.7. The third-order valence-corrected chi connectivity index (χ3v) is 5.89. The van der Waals surface area contributed by atoms with Crippen LogP contribution >= 0.6 is 0 Å². The van der Waals surface area contributed by atoms with E-state index in [2.05, 4.69) is 4.74 Å². The maximum absolute atomic E-state index is 14.5. The van der Waals surface area contributed by atoms with Crippen molar-refractivity contribution in [3.8, 4) is 0 Å². The summed E-state index contributed by atoms with van der Waals surface area (Å²) in [7, 11) is -5.10. The molecular formula is C19H18F4N2O7S. The number of sulfonamides is 1. The van der Waals surface area contributed by atoms with Gasteiger partial charge in [0.05, 0.1) is 18.1 Å². The van der Waals surface area contributed by atoms with Crippen molar-refractivity contribution in [1.82, 2.24) is 4.72 Å². The Balaban J connectivity index is 2.57. The molecule has 9 nitrogen and oxygen atoms in total. The lowest BCUT2D eigenvalue weighted by atomic mass is 9.91. The summed E-state index contributed by atoms with van der Waals surface area (Å²) < 4.78 is 94.2. The average Bonchev–Trinajstić information content (AvgIpc) is 2.74. The number of rotatable bonds is 11. The first-order valence-electron chi connectivity index (χ1n) is 9.13. The lowest BCUT2D eigenvalue weighted by Crippen LogP contribution is -2.55. The first-order valence-corrected chi connectivity index (χ1v) is 10.6. The molecule has 2 rings (SSSR count). The van der Waals surface area contributed by atoms with Crippen LogP contribution in [0.3, 0.4) is 0 Å². The predicted molar refractivity (Wildman–Crippen MR) is 105 cm³/mol. The Kier molecular flexibility index (Phi) is 8.46. The second-order valence-corrected chi connectivity index (χ2v) is 8.25. The fraction of sp³-hybridized carbons (Fsp3) is 0.316. The molecule has 0 unspecified atom stereocenters. The van der Waals surface area contributed by atoms with Crippen LogP contribution in [0, 0.1) is 21.7 Å². The minimum atomic E-state index is -5.10. The summed E-state index contributed by atoms with van der Waals surface area (Å²) in [5.41, 5.74) is -5.21. The normalized spacial score (nSPS) is 13.5. The summed E-state index contributed by atoms with van der Waals surface area (Å²) >= 11 is 0. The topological polar surface area (TPSA) is 125 Å². The lowest BCUT2D eigenvalue weighted by Gasteiger charge is -2.34. The Morgan fingerprint density at radius 2 is 1.82 bits per heavy atom. The number of halogens is 4. The van der Waals surface area contributed by atoms with Gasteiger partial charge in [-0.05, 0) is 12.1 Å². The van der Waals surface area contributed by atoms with Gasteiger partial charge in [0, 0.05) is 18.6 Å². The number of nitrogens with one attached hydrogen (secondary N) is 1. The zero-order chi connectivity index (χ0) is 24.8. The number of para-hydroxylation sites is 1. The number of hydrogen-bond acceptors (Lipinski definition) is 7. The van der Waals surface area contributed by atoms with Crippen molar-refractivity contribution >= 4 is 21.7 Å². The zero-order valence-electron chi connectivity index (χ0n) is 17.0. The molecule has 1 N–H and O–H groups in total. The number of carbonyl (C=O) groups excluding carboxylic acids is 1.